The molecule has 0 unspecified atom stereocenters. The minimum Gasteiger partial charge on any atom is -0.429 e. The van der Waals surface area contributed by atoms with Crippen molar-refractivity contribution in [3.8, 4) is 0 Å². The molecule has 2 N–H and O–H groups in total. The molecule has 5 nitrogen and oxygen atoms in total. The largest absolute Gasteiger partial charge is 0.429 e. The zero-order chi connectivity index (χ0) is 15.4. The van der Waals surface area contributed by atoms with Gasteiger partial charge in [0.2, 0.25) is 5.79 Å². The number of esters is 1. The standard InChI is InChI=1S/C16H18O5S/c17-11-9-22-15(13(11)18)7-4-8-16(15)20-12(14(19)21-16)10-5-2-1-3-6-10/h1-3,5-6,11-13,17-18H,4,7-9H2/t11-,12+,13-,15+,16-/m0/s1. The number of carbonyl (C=O) groups is 1. The van der Waals surface area contributed by atoms with Gasteiger partial charge < -0.3 is 19.7 Å². The Morgan fingerprint density at radius 1 is 1.18 bits per heavy atom. The summed E-state index contributed by atoms with van der Waals surface area (Å²) in [5.74, 6) is -1.12. The van der Waals surface area contributed by atoms with Crippen molar-refractivity contribution in [1.82, 2.24) is 0 Å². The predicted octanol–water partition coefficient (Wildman–Crippen LogP) is 1.39. The molecule has 2 aliphatic heterocycles. The van der Waals surface area contributed by atoms with Gasteiger partial charge in [0.15, 0.2) is 6.10 Å². The number of rotatable bonds is 1. The van der Waals surface area contributed by atoms with Crippen molar-refractivity contribution >= 4 is 17.7 Å². The fourth-order valence-corrected chi connectivity index (χ4v) is 5.55. The highest BCUT2D eigenvalue weighted by Gasteiger charge is 2.70. The van der Waals surface area contributed by atoms with Gasteiger partial charge in [0, 0.05) is 12.2 Å². The van der Waals surface area contributed by atoms with Crippen LogP contribution in [0.5, 0.6) is 0 Å². The molecular formula is C16H18O5S. The predicted molar refractivity (Wildman–Crippen MR) is 80.1 cm³/mol. The van der Waals surface area contributed by atoms with Crippen LogP contribution in [0.1, 0.15) is 30.9 Å². The smallest absolute Gasteiger partial charge is 0.342 e. The number of carbonyl (C=O) groups excluding carboxylic acids is 1. The number of hydrogen-bond acceptors (Lipinski definition) is 6. The number of hydrogen-bond donors (Lipinski definition) is 2. The summed E-state index contributed by atoms with van der Waals surface area (Å²) in [5.41, 5.74) is 0.754. The Bertz CT molecular complexity index is 593. The highest BCUT2D eigenvalue weighted by atomic mass is 32.2. The van der Waals surface area contributed by atoms with Crippen LogP contribution in [0, 0.1) is 0 Å². The van der Waals surface area contributed by atoms with Gasteiger partial charge in [-0.3, -0.25) is 0 Å². The first kappa shape index (κ1) is 14.5. The van der Waals surface area contributed by atoms with Crippen LogP contribution in [0.25, 0.3) is 0 Å². The summed E-state index contributed by atoms with van der Waals surface area (Å²) in [5, 5.41) is 20.4. The summed E-state index contributed by atoms with van der Waals surface area (Å²) in [6.45, 7) is 0. The molecule has 0 aromatic heterocycles. The molecule has 5 atom stereocenters. The van der Waals surface area contributed by atoms with Crippen LogP contribution in [0.15, 0.2) is 30.3 Å². The minimum absolute atomic E-state index is 0.415. The second-order valence-corrected chi connectivity index (χ2v) is 7.50. The molecule has 0 amide bonds. The Morgan fingerprint density at radius 2 is 1.95 bits per heavy atom. The Labute approximate surface area is 132 Å². The lowest BCUT2D eigenvalue weighted by Crippen LogP contribution is -2.56. The van der Waals surface area contributed by atoms with Crippen molar-refractivity contribution in [3.63, 3.8) is 0 Å². The third kappa shape index (κ3) is 1.81. The number of ether oxygens (including phenoxy) is 2. The molecule has 2 heterocycles. The highest BCUT2D eigenvalue weighted by Crippen LogP contribution is 2.60. The van der Waals surface area contributed by atoms with Gasteiger partial charge in [0.1, 0.15) is 10.9 Å². The van der Waals surface area contributed by atoms with Crippen molar-refractivity contribution < 1.29 is 24.5 Å². The fourth-order valence-electron chi connectivity index (χ4n) is 3.87. The second kappa shape index (κ2) is 4.96. The first-order valence-electron chi connectivity index (χ1n) is 7.54. The van der Waals surface area contributed by atoms with Gasteiger partial charge in [0.25, 0.3) is 0 Å². The van der Waals surface area contributed by atoms with E-state index >= 15 is 0 Å². The third-order valence-corrected chi connectivity index (χ3v) is 6.72. The van der Waals surface area contributed by atoms with E-state index in [2.05, 4.69) is 0 Å². The fraction of sp³-hybridized carbons (Fsp3) is 0.562. The molecule has 2 spiro atoms. The molecule has 1 aromatic carbocycles. The third-order valence-electron chi connectivity index (χ3n) is 4.94. The van der Waals surface area contributed by atoms with E-state index < -0.39 is 34.8 Å². The first-order chi connectivity index (χ1) is 10.6. The molecular weight excluding hydrogens is 304 g/mol. The van der Waals surface area contributed by atoms with Crippen LogP contribution >= 0.6 is 11.8 Å². The van der Waals surface area contributed by atoms with Crippen molar-refractivity contribution in [2.75, 3.05) is 5.75 Å². The summed E-state index contributed by atoms with van der Waals surface area (Å²) >= 11 is 1.46. The number of thioether (sulfide) groups is 1. The molecule has 118 valence electrons. The van der Waals surface area contributed by atoms with Crippen molar-refractivity contribution in [2.24, 2.45) is 0 Å². The molecule has 6 heteroatoms. The lowest BCUT2D eigenvalue weighted by atomic mass is 9.91. The van der Waals surface area contributed by atoms with Gasteiger partial charge in [0.05, 0.1) is 6.10 Å². The van der Waals surface area contributed by atoms with Crippen LogP contribution in [-0.2, 0) is 14.3 Å². The molecule has 1 saturated carbocycles. The van der Waals surface area contributed by atoms with Crippen molar-refractivity contribution in [3.05, 3.63) is 35.9 Å². The second-order valence-electron chi connectivity index (χ2n) is 6.15. The SMILES string of the molecule is O=C1O[C@]2(CCC[C@]23SC[C@H](O)[C@@H]3O)O[C@@H]1c1ccccc1. The van der Waals surface area contributed by atoms with E-state index in [1.807, 2.05) is 30.3 Å². The van der Waals surface area contributed by atoms with E-state index in [0.717, 1.165) is 12.0 Å². The molecule has 4 rings (SSSR count). The average Bonchev–Trinajstić information content (AvgIpc) is 3.15. The van der Waals surface area contributed by atoms with Gasteiger partial charge >= 0.3 is 5.97 Å². The normalized spacial score (nSPS) is 44.1. The summed E-state index contributed by atoms with van der Waals surface area (Å²) in [4.78, 5) is 12.4. The minimum atomic E-state index is -1.13. The van der Waals surface area contributed by atoms with E-state index in [0.29, 0.717) is 18.6 Å². The van der Waals surface area contributed by atoms with Crippen LogP contribution in [0.2, 0.25) is 0 Å². The molecule has 3 fully saturated rings. The molecule has 3 aliphatic rings. The van der Waals surface area contributed by atoms with Crippen molar-refractivity contribution in [1.29, 1.82) is 0 Å². The Balaban J connectivity index is 1.69. The van der Waals surface area contributed by atoms with Gasteiger partial charge in [-0.05, 0) is 18.4 Å². The van der Waals surface area contributed by atoms with Crippen LogP contribution in [-0.4, -0.2) is 44.7 Å². The number of aliphatic hydroxyl groups is 2. The van der Waals surface area contributed by atoms with E-state index in [9.17, 15) is 15.0 Å². The molecule has 1 aliphatic carbocycles. The van der Waals surface area contributed by atoms with Gasteiger partial charge in [-0.15, -0.1) is 11.8 Å². The van der Waals surface area contributed by atoms with Crippen molar-refractivity contribution in [2.45, 2.75) is 48.1 Å². The average molecular weight is 322 g/mol. The number of aliphatic hydroxyl groups excluding tert-OH is 2. The molecule has 0 radical (unpaired) electrons. The maximum atomic E-state index is 12.4. The van der Waals surface area contributed by atoms with Gasteiger partial charge in [-0.1, -0.05) is 30.3 Å². The van der Waals surface area contributed by atoms with E-state index in [1.54, 1.807) is 0 Å². The number of benzene rings is 1. The first-order valence-corrected chi connectivity index (χ1v) is 8.52. The Morgan fingerprint density at radius 3 is 2.64 bits per heavy atom. The monoisotopic (exact) mass is 322 g/mol. The highest BCUT2D eigenvalue weighted by molar-refractivity contribution is 8.01. The lowest BCUT2D eigenvalue weighted by molar-refractivity contribution is -0.203. The Hall–Kier alpha value is -1.08. The van der Waals surface area contributed by atoms with Crippen LogP contribution in [0.3, 0.4) is 0 Å². The molecule has 22 heavy (non-hydrogen) atoms. The maximum Gasteiger partial charge on any atom is 0.342 e. The quantitative estimate of drug-likeness (QED) is 0.761. The summed E-state index contributed by atoms with van der Waals surface area (Å²) < 4.78 is 11.0. The van der Waals surface area contributed by atoms with E-state index in [1.165, 1.54) is 11.8 Å². The van der Waals surface area contributed by atoms with Crippen LogP contribution < -0.4 is 0 Å². The Kier molecular flexibility index (Phi) is 3.27. The lowest BCUT2D eigenvalue weighted by Gasteiger charge is -2.39. The maximum absolute atomic E-state index is 12.4. The molecule has 2 saturated heterocycles. The number of fused-ring (bicyclic) bond motifs is 1. The molecule has 1 aromatic rings. The van der Waals surface area contributed by atoms with Gasteiger partial charge in [-0.2, -0.15) is 0 Å². The summed E-state index contributed by atoms with van der Waals surface area (Å²) in [7, 11) is 0. The topological polar surface area (TPSA) is 76.0 Å². The summed E-state index contributed by atoms with van der Waals surface area (Å²) in [6.07, 6.45) is -0.489. The molecule has 0 bridgehead atoms. The zero-order valence-electron chi connectivity index (χ0n) is 12.0. The van der Waals surface area contributed by atoms with E-state index in [-0.39, 0.29) is 0 Å². The summed E-state index contributed by atoms with van der Waals surface area (Å²) in [6, 6.07) is 9.25. The van der Waals surface area contributed by atoms with E-state index in [4.69, 9.17) is 9.47 Å². The van der Waals surface area contributed by atoms with Gasteiger partial charge in [-0.25, -0.2) is 4.79 Å². The van der Waals surface area contributed by atoms with Crippen LogP contribution in [0.4, 0.5) is 0 Å². The zero-order valence-corrected chi connectivity index (χ0v) is 12.8.